The SMILES string of the molecule is CC(C)c1ccc(C(=O)NC(C)C2CCCNC2)cc1.Cl. The van der Waals surface area contributed by atoms with Crippen molar-refractivity contribution in [2.45, 2.75) is 45.6 Å². The van der Waals surface area contributed by atoms with Gasteiger partial charge in [0.2, 0.25) is 0 Å². The van der Waals surface area contributed by atoms with Gasteiger partial charge in [-0.1, -0.05) is 26.0 Å². The van der Waals surface area contributed by atoms with Gasteiger partial charge in [0.05, 0.1) is 0 Å². The van der Waals surface area contributed by atoms with Gasteiger partial charge in [-0.2, -0.15) is 0 Å². The second-order valence-corrected chi connectivity index (χ2v) is 6.15. The summed E-state index contributed by atoms with van der Waals surface area (Å²) >= 11 is 0. The standard InChI is InChI=1S/C17H26N2O.ClH/c1-12(2)14-6-8-15(9-7-14)17(20)19-13(3)16-5-4-10-18-11-16;/h6-9,12-13,16,18H,4-5,10-11H2,1-3H3,(H,19,20);1H. The normalized spacial score (nSPS) is 19.7. The van der Waals surface area contributed by atoms with Gasteiger partial charge in [-0.3, -0.25) is 4.79 Å². The minimum Gasteiger partial charge on any atom is -0.349 e. The molecule has 0 saturated carbocycles. The second-order valence-electron chi connectivity index (χ2n) is 6.15. The molecule has 1 saturated heterocycles. The lowest BCUT2D eigenvalue weighted by molar-refractivity contribution is 0.0922. The molecule has 1 heterocycles. The molecule has 1 aliphatic heterocycles. The van der Waals surface area contributed by atoms with E-state index >= 15 is 0 Å². The highest BCUT2D eigenvalue weighted by atomic mass is 35.5. The first kappa shape index (κ1) is 18.0. The van der Waals surface area contributed by atoms with E-state index in [9.17, 15) is 4.79 Å². The van der Waals surface area contributed by atoms with Gasteiger partial charge in [0.1, 0.15) is 0 Å². The number of carbonyl (C=O) groups excluding carboxylic acids is 1. The molecular formula is C17H27ClN2O. The van der Waals surface area contributed by atoms with E-state index < -0.39 is 0 Å². The Bertz CT molecular complexity index is 439. The molecule has 4 heteroatoms. The van der Waals surface area contributed by atoms with Crippen molar-refractivity contribution < 1.29 is 4.79 Å². The number of amides is 1. The molecule has 0 aliphatic carbocycles. The smallest absolute Gasteiger partial charge is 0.251 e. The first-order valence-electron chi connectivity index (χ1n) is 7.69. The molecule has 1 aromatic rings. The van der Waals surface area contributed by atoms with Crippen molar-refractivity contribution in [1.82, 2.24) is 10.6 Å². The van der Waals surface area contributed by atoms with Crippen LogP contribution in [-0.4, -0.2) is 25.0 Å². The third-order valence-corrected chi connectivity index (χ3v) is 4.24. The molecule has 2 unspecified atom stereocenters. The lowest BCUT2D eigenvalue weighted by Crippen LogP contribution is -2.44. The summed E-state index contributed by atoms with van der Waals surface area (Å²) in [6, 6.07) is 8.17. The Labute approximate surface area is 134 Å². The highest BCUT2D eigenvalue weighted by Gasteiger charge is 2.21. The van der Waals surface area contributed by atoms with E-state index in [1.807, 2.05) is 24.3 Å². The fraction of sp³-hybridized carbons (Fsp3) is 0.588. The van der Waals surface area contributed by atoms with E-state index in [-0.39, 0.29) is 24.4 Å². The Morgan fingerprint density at radius 1 is 1.24 bits per heavy atom. The summed E-state index contributed by atoms with van der Waals surface area (Å²) in [6.45, 7) is 8.54. The maximum atomic E-state index is 12.2. The second kappa shape index (κ2) is 8.40. The number of benzene rings is 1. The van der Waals surface area contributed by atoms with Crippen LogP contribution in [0, 0.1) is 5.92 Å². The van der Waals surface area contributed by atoms with Crippen molar-refractivity contribution in [2.75, 3.05) is 13.1 Å². The number of piperidine rings is 1. The Morgan fingerprint density at radius 3 is 2.43 bits per heavy atom. The summed E-state index contributed by atoms with van der Waals surface area (Å²) in [5, 5.41) is 6.53. The molecule has 2 atom stereocenters. The van der Waals surface area contributed by atoms with Gasteiger partial charge < -0.3 is 10.6 Å². The van der Waals surface area contributed by atoms with Crippen molar-refractivity contribution in [3.05, 3.63) is 35.4 Å². The first-order chi connectivity index (χ1) is 9.58. The zero-order chi connectivity index (χ0) is 14.5. The van der Waals surface area contributed by atoms with Crippen LogP contribution in [0.2, 0.25) is 0 Å². The molecule has 0 bridgehead atoms. The van der Waals surface area contributed by atoms with Crippen LogP contribution in [0.3, 0.4) is 0 Å². The molecule has 0 aromatic heterocycles. The molecule has 1 fully saturated rings. The van der Waals surface area contributed by atoms with Crippen LogP contribution < -0.4 is 10.6 Å². The van der Waals surface area contributed by atoms with E-state index in [1.165, 1.54) is 18.4 Å². The molecule has 2 N–H and O–H groups in total. The van der Waals surface area contributed by atoms with Gasteiger partial charge in [-0.15, -0.1) is 12.4 Å². The van der Waals surface area contributed by atoms with Gasteiger partial charge in [-0.05, 0) is 62.4 Å². The van der Waals surface area contributed by atoms with Gasteiger partial charge >= 0.3 is 0 Å². The molecule has 0 spiro atoms. The number of hydrogen-bond donors (Lipinski definition) is 2. The van der Waals surface area contributed by atoms with Gasteiger partial charge in [0, 0.05) is 11.6 Å². The van der Waals surface area contributed by atoms with Gasteiger partial charge in [0.25, 0.3) is 5.91 Å². The van der Waals surface area contributed by atoms with E-state index in [1.54, 1.807) is 0 Å². The molecule has 118 valence electrons. The van der Waals surface area contributed by atoms with Crippen molar-refractivity contribution in [3.8, 4) is 0 Å². The fourth-order valence-corrected chi connectivity index (χ4v) is 2.73. The summed E-state index contributed by atoms with van der Waals surface area (Å²) in [7, 11) is 0. The Kier molecular flexibility index (Phi) is 7.20. The average molecular weight is 311 g/mol. The molecule has 21 heavy (non-hydrogen) atoms. The fourth-order valence-electron chi connectivity index (χ4n) is 2.73. The van der Waals surface area contributed by atoms with E-state index in [4.69, 9.17) is 0 Å². The lowest BCUT2D eigenvalue weighted by Gasteiger charge is -2.29. The molecule has 1 aliphatic rings. The van der Waals surface area contributed by atoms with Crippen LogP contribution in [0.25, 0.3) is 0 Å². The van der Waals surface area contributed by atoms with E-state index in [0.717, 1.165) is 18.7 Å². The summed E-state index contributed by atoms with van der Waals surface area (Å²) in [5.74, 6) is 1.08. The lowest BCUT2D eigenvalue weighted by atomic mass is 9.92. The summed E-state index contributed by atoms with van der Waals surface area (Å²) in [6.07, 6.45) is 2.40. The quantitative estimate of drug-likeness (QED) is 0.895. The maximum absolute atomic E-state index is 12.2. The zero-order valence-corrected chi connectivity index (χ0v) is 14.0. The van der Waals surface area contributed by atoms with Crippen LogP contribution in [0.5, 0.6) is 0 Å². The van der Waals surface area contributed by atoms with Crippen LogP contribution in [0.4, 0.5) is 0 Å². The monoisotopic (exact) mass is 310 g/mol. The number of nitrogens with one attached hydrogen (secondary N) is 2. The minimum atomic E-state index is 0. The number of rotatable bonds is 4. The predicted molar refractivity (Wildman–Crippen MR) is 90.3 cm³/mol. The van der Waals surface area contributed by atoms with Gasteiger partial charge in [0.15, 0.2) is 0 Å². The zero-order valence-electron chi connectivity index (χ0n) is 13.2. The molecule has 2 rings (SSSR count). The Hall–Kier alpha value is -1.06. The van der Waals surface area contributed by atoms with E-state index in [2.05, 4.69) is 31.4 Å². The molecule has 0 radical (unpaired) electrons. The average Bonchev–Trinajstić information content (AvgIpc) is 2.48. The van der Waals surface area contributed by atoms with Crippen LogP contribution >= 0.6 is 12.4 Å². The topological polar surface area (TPSA) is 41.1 Å². The van der Waals surface area contributed by atoms with E-state index in [0.29, 0.717) is 11.8 Å². The number of hydrogen-bond acceptors (Lipinski definition) is 2. The summed E-state index contributed by atoms with van der Waals surface area (Å²) < 4.78 is 0. The van der Waals surface area contributed by atoms with Crippen LogP contribution in [0.1, 0.15) is 55.5 Å². The largest absolute Gasteiger partial charge is 0.349 e. The van der Waals surface area contributed by atoms with Crippen LogP contribution in [-0.2, 0) is 0 Å². The molecule has 1 amide bonds. The summed E-state index contributed by atoms with van der Waals surface area (Å²) in [4.78, 5) is 12.2. The minimum absolute atomic E-state index is 0. The third kappa shape index (κ3) is 5.01. The molecule has 3 nitrogen and oxygen atoms in total. The maximum Gasteiger partial charge on any atom is 0.251 e. The molecular weight excluding hydrogens is 284 g/mol. The summed E-state index contributed by atoms with van der Waals surface area (Å²) in [5.41, 5.74) is 2.02. The highest BCUT2D eigenvalue weighted by molar-refractivity contribution is 5.94. The van der Waals surface area contributed by atoms with Gasteiger partial charge in [-0.25, -0.2) is 0 Å². The highest BCUT2D eigenvalue weighted by Crippen LogP contribution is 2.16. The van der Waals surface area contributed by atoms with Crippen molar-refractivity contribution in [2.24, 2.45) is 5.92 Å². The van der Waals surface area contributed by atoms with Crippen LogP contribution in [0.15, 0.2) is 24.3 Å². The van der Waals surface area contributed by atoms with Crippen molar-refractivity contribution in [3.63, 3.8) is 0 Å². The molecule has 1 aromatic carbocycles. The Balaban J connectivity index is 0.00000220. The number of halogens is 1. The first-order valence-corrected chi connectivity index (χ1v) is 7.69. The Morgan fingerprint density at radius 2 is 1.90 bits per heavy atom. The predicted octanol–water partition coefficient (Wildman–Crippen LogP) is 3.35. The third-order valence-electron chi connectivity index (χ3n) is 4.24. The van der Waals surface area contributed by atoms with Crippen molar-refractivity contribution in [1.29, 1.82) is 0 Å². The number of carbonyl (C=O) groups is 1. The van der Waals surface area contributed by atoms with Crippen molar-refractivity contribution >= 4 is 18.3 Å².